The molecule has 0 aliphatic heterocycles. The van der Waals surface area contributed by atoms with Crippen molar-refractivity contribution in [2.45, 2.75) is 18.9 Å². The second kappa shape index (κ2) is 5.88. The highest BCUT2D eigenvalue weighted by Crippen LogP contribution is 2.26. The predicted molar refractivity (Wildman–Crippen MR) is 84.5 cm³/mol. The molecule has 1 fully saturated rings. The Morgan fingerprint density at radius 2 is 2.26 bits per heavy atom. The van der Waals surface area contributed by atoms with Crippen LogP contribution in [0.4, 0.5) is 5.69 Å². The van der Waals surface area contributed by atoms with E-state index in [0.717, 1.165) is 28.6 Å². The van der Waals surface area contributed by atoms with Gasteiger partial charge in [-0.25, -0.2) is 0 Å². The maximum atomic E-state index is 11.8. The van der Waals surface area contributed by atoms with Crippen molar-refractivity contribution in [3.8, 4) is 0 Å². The van der Waals surface area contributed by atoms with Crippen molar-refractivity contribution in [1.82, 2.24) is 5.32 Å². The molecule has 1 amide bonds. The molecule has 1 aliphatic rings. The number of carbonyl (C=O) groups is 1. The summed E-state index contributed by atoms with van der Waals surface area (Å²) >= 11 is 8.41. The van der Waals surface area contributed by atoms with Gasteiger partial charge in [0.25, 0.3) is 0 Å². The van der Waals surface area contributed by atoms with Crippen LogP contribution in [0.3, 0.4) is 0 Å². The lowest BCUT2D eigenvalue weighted by molar-refractivity contribution is -0.119. The van der Waals surface area contributed by atoms with E-state index in [9.17, 15) is 4.79 Å². The van der Waals surface area contributed by atoms with Crippen molar-refractivity contribution >= 4 is 44.7 Å². The van der Waals surface area contributed by atoms with Gasteiger partial charge in [-0.15, -0.1) is 0 Å². The maximum absolute atomic E-state index is 11.8. The Bertz CT molecular complexity index is 517. The molecule has 1 aromatic carbocycles. The van der Waals surface area contributed by atoms with Crippen molar-refractivity contribution in [3.63, 3.8) is 0 Å². The summed E-state index contributed by atoms with van der Waals surface area (Å²) in [5.41, 5.74) is 7.33. The molecule has 0 heterocycles. The van der Waals surface area contributed by atoms with E-state index in [0.29, 0.717) is 17.6 Å². The summed E-state index contributed by atoms with van der Waals surface area (Å²) in [7, 11) is 1.88. The molecular weight excluding hydrogens is 326 g/mol. The molecule has 0 radical (unpaired) electrons. The summed E-state index contributed by atoms with van der Waals surface area (Å²) in [5.74, 6) is 0.0512. The van der Waals surface area contributed by atoms with Gasteiger partial charge in [0.05, 0.1) is 12.2 Å². The van der Waals surface area contributed by atoms with Gasteiger partial charge in [-0.05, 0) is 47.0 Å². The lowest BCUT2D eigenvalue weighted by Crippen LogP contribution is -2.36. The summed E-state index contributed by atoms with van der Waals surface area (Å²) in [6, 6.07) is 6.02. The van der Waals surface area contributed by atoms with Gasteiger partial charge in [0, 0.05) is 23.1 Å². The van der Waals surface area contributed by atoms with E-state index >= 15 is 0 Å². The summed E-state index contributed by atoms with van der Waals surface area (Å²) in [4.78, 5) is 14.0. The highest BCUT2D eigenvalue weighted by atomic mass is 79.9. The number of nitrogens with zero attached hydrogens (tertiary/aromatic N) is 1. The fraction of sp³-hybridized carbons (Fsp3) is 0.385. The average Bonchev–Trinajstić information content (AvgIpc) is 3.12. The van der Waals surface area contributed by atoms with E-state index in [1.54, 1.807) is 0 Å². The highest BCUT2D eigenvalue weighted by molar-refractivity contribution is 9.10. The highest BCUT2D eigenvalue weighted by Gasteiger charge is 2.23. The van der Waals surface area contributed by atoms with E-state index in [1.165, 1.54) is 0 Å². The van der Waals surface area contributed by atoms with Gasteiger partial charge in [0.15, 0.2) is 0 Å². The molecule has 0 bridgehead atoms. The number of anilines is 1. The Hall–Kier alpha value is -1.14. The van der Waals surface area contributed by atoms with Crippen LogP contribution in [-0.4, -0.2) is 30.5 Å². The number of likely N-dealkylation sites (N-methyl/N-ethyl adjacent to an activating group) is 1. The third-order valence-electron chi connectivity index (χ3n) is 2.97. The Balaban J connectivity index is 2.03. The molecule has 1 saturated carbocycles. The second-order valence-corrected chi connectivity index (χ2v) is 6.02. The van der Waals surface area contributed by atoms with Gasteiger partial charge >= 0.3 is 0 Å². The van der Waals surface area contributed by atoms with Crippen LogP contribution in [0.2, 0.25) is 0 Å². The largest absolute Gasteiger partial charge is 0.389 e. The maximum Gasteiger partial charge on any atom is 0.239 e. The standard InChI is InChI=1S/C13H16BrN3OS/c1-17(7-12(18)16-9-3-4-9)11-5-2-8(13(15)19)6-10(11)14/h2,5-6,9H,3-4,7H2,1H3,(H2,15,19)(H,16,18). The van der Waals surface area contributed by atoms with Crippen LogP contribution < -0.4 is 16.0 Å². The third kappa shape index (κ3) is 3.91. The van der Waals surface area contributed by atoms with Crippen LogP contribution in [-0.2, 0) is 4.79 Å². The third-order valence-corrected chi connectivity index (χ3v) is 3.84. The molecule has 0 atom stereocenters. The van der Waals surface area contributed by atoms with Crippen LogP contribution in [0.5, 0.6) is 0 Å². The SMILES string of the molecule is CN(CC(=O)NC1CC1)c1ccc(C(N)=S)cc1Br. The number of nitrogens with one attached hydrogen (secondary N) is 1. The number of benzene rings is 1. The minimum absolute atomic E-state index is 0.0512. The van der Waals surface area contributed by atoms with Crippen LogP contribution in [0, 0.1) is 0 Å². The molecule has 1 aromatic rings. The van der Waals surface area contributed by atoms with E-state index in [-0.39, 0.29) is 5.91 Å². The summed E-state index contributed by atoms with van der Waals surface area (Å²) in [6.07, 6.45) is 2.20. The first kappa shape index (κ1) is 14.3. The molecule has 0 spiro atoms. The van der Waals surface area contributed by atoms with Crippen LogP contribution >= 0.6 is 28.1 Å². The molecule has 3 N–H and O–H groups in total. The quantitative estimate of drug-likeness (QED) is 0.802. The first-order chi connectivity index (χ1) is 8.97. The number of nitrogens with two attached hydrogens (primary N) is 1. The molecular formula is C13H16BrN3OS. The minimum atomic E-state index is 0.0512. The summed E-state index contributed by atoms with van der Waals surface area (Å²) in [5, 5.41) is 2.97. The monoisotopic (exact) mass is 341 g/mol. The van der Waals surface area contributed by atoms with Crippen LogP contribution in [0.1, 0.15) is 18.4 Å². The zero-order valence-electron chi connectivity index (χ0n) is 10.6. The summed E-state index contributed by atoms with van der Waals surface area (Å²) < 4.78 is 0.875. The fourth-order valence-electron chi connectivity index (χ4n) is 1.77. The molecule has 2 rings (SSSR count). The van der Waals surface area contributed by atoms with E-state index in [4.69, 9.17) is 18.0 Å². The predicted octanol–water partition coefficient (Wildman–Crippen LogP) is 1.80. The second-order valence-electron chi connectivity index (χ2n) is 4.73. The lowest BCUT2D eigenvalue weighted by Gasteiger charge is -2.20. The summed E-state index contributed by atoms with van der Waals surface area (Å²) in [6.45, 7) is 0.335. The number of thiocarbonyl (C=S) groups is 1. The molecule has 0 saturated heterocycles. The molecule has 6 heteroatoms. The van der Waals surface area contributed by atoms with E-state index in [2.05, 4.69) is 21.2 Å². The molecule has 4 nitrogen and oxygen atoms in total. The smallest absolute Gasteiger partial charge is 0.239 e. The molecule has 102 valence electrons. The zero-order chi connectivity index (χ0) is 14.0. The van der Waals surface area contributed by atoms with Crippen molar-refractivity contribution in [2.24, 2.45) is 5.73 Å². The number of carbonyl (C=O) groups excluding carboxylic acids is 1. The van der Waals surface area contributed by atoms with Gasteiger partial charge in [-0.1, -0.05) is 12.2 Å². The average molecular weight is 342 g/mol. The van der Waals surface area contributed by atoms with Gasteiger partial charge in [-0.3, -0.25) is 4.79 Å². The van der Waals surface area contributed by atoms with Gasteiger partial charge in [-0.2, -0.15) is 0 Å². The van der Waals surface area contributed by atoms with Crippen molar-refractivity contribution < 1.29 is 4.79 Å². The Kier molecular flexibility index (Phi) is 4.42. The van der Waals surface area contributed by atoms with E-state index in [1.807, 2.05) is 30.1 Å². The Morgan fingerprint density at radius 3 is 2.79 bits per heavy atom. The Morgan fingerprint density at radius 1 is 1.58 bits per heavy atom. The Labute approximate surface area is 126 Å². The minimum Gasteiger partial charge on any atom is -0.389 e. The van der Waals surface area contributed by atoms with Crippen molar-refractivity contribution in [2.75, 3.05) is 18.5 Å². The molecule has 19 heavy (non-hydrogen) atoms. The topological polar surface area (TPSA) is 58.4 Å². The zero-order valence-corrected chi connectivity index (χ0v) is 13.1. The number of rotatable bonds is 5. The number of hydrogen-bond acceptors (Lipinski definition) is 3. The molecule has 1 aliphatic carbocycles. The van der Waals surface area contributed by atoms with Crippen LogP contribution in [0.15, 0.2) is 22.7 Å². The number of amides is 1. The van der Waals surface area contributed by atoms with Crippen LogP contribution in [0.25, 0.3) is 0 Å². The number of halogens is 1. The first-order valence-electron chi connectivity index (χ1n) is 6.07. The fourth-order valence-corrected chi connectivity index (χ4v) is 2.58. The van der Waals surface area contributed by atoms with Crippen molar-refractivity contribution in [3.05, 3.63) is 28.2 Å². The molecule has 0 unspecified atom stereocenters. The van der Waals surface area contributed by atoms with Crippen molar-refractivity contribution in [1.29, 1.82) is 0 Å². The molecule has 0 aromatic heterocycles. The number of hydrogen-bond donors (Lipinski definition) is 2. The lowest BCUT2D eigenvalue weighted by atomic mass is 10.2. The normalized spacial score (nSPS) is 14.0. The van der Waals surface area contributed by atoms with Gasteiger partial charge < -0.3 is 16.0 Å². The van der Waals surface area contributed by atoms with E-state index < -0.39 is 0 Å². The van der Waals surface area contributed by atoms with Gasteiger partial charge in [0.2, 0.25) is 5.91 Å². The van der Waals surface area contributed by atoms with Gasteiger partial charge in [0.1, 0.15) is 4.99 Å². The first-order valence-corrected chi connectivity index (χ1v) is 7.27.